The summed E-state index contributed by atoms with van der Waals surface area (Å²) in [5.74, 6) is 0. The molecule has 1 rings (SSSR count). The van der Waals surface area contributed by atoms with Crippen LogP contribution in [0.2, 0.25) is 0 Å². The fourth-order valence-electron chi connectivity index (χ4n) is 1.93. The average molecular weight is 220 g/mol. The van der Waals surface area contributed by atoms with Crippen molar-refractivity contribution < 1.29 is 0 Å². The molecule has 1 aromatic carbocycles. The number of likely N-dealkylation sites (N-methyl/N-ethyl adjacent to an activating group) is 1. The Labute approximate surface area is 99.7 Å². The van der Waals surface area contributed by atoms with E-state index in [9.17, 15) is 0 Å². The predicted octanol–water partition coefficient (Wildman–Crippen LogP) is 3.22. The van der Waals surface area contributed by atoms with Crippen LogP contribution in [-0.4, -0.2) is 30.6 Å². The van der Waals surface area contributed by atoms with Crippen LogP contribution in [0.5, 0.6) is 0 Å². The van der Waals surface area contributed by atoms with E-state index < -0.39 is 0 Å². The van der Waals surface area contributed by atoms with Gasteiger partial charge >= 0.3 is 0 Å². The van der Waals surface area contributed by atoms with Crippen molar-refractivity contribution in [1.82, 2.24) is 4.90 Å². The molecule has 0 heterocycles. The molecule has 0 saturated heterocycles. The number of anilines is 1. The zero-order valence-electron chi connectivity index (χ0n) is 10.7. The van der Waals surface area contributed by atoms with Gasteiger partial charge in [0, 0.05) is 18.3 Å². The molecule has 0 aliphatic heterocycles. The summed E-state index contributed by atoms with van der Waals surface area (Å²) >= 11 is 0. The quantitative estimate of drug-likeness (QED) is 0.759. The monoisotopic (exact) mass is 220 g/mol. The van der Waals surface area contributed by atoms with E-state index in [2.05, 4.69) is 55.3 Å². The molecule has 0 amide bonds. The second-order valence-electron chi connectivity index (χ2n) is 4.22. The first-order valence-corrected chi connectivity index (χ1v) is 6.30. The highest BCUT2D eigenvalue weighted by Crippen LogP contribution is 2.07. The zero-order chi connectivity index (χ0) is 11.8. The molecule has 90 valence electrons. The third-order valence-corrected chi connectivity index (χ3v) is 2.92. The van der Waals surface area contributed by atoms with Gasteiger partial charge in [0.1, 0.15) is 0 Å². The number of benzene rings is 1. The lowest BCUT2D eigenvalue weighted by Crippen LogP contribution is -2.38. The van der Waals surface area contributed by atoms with Gasteiger partial charge in [-0.3, -0.25) is 4.90 Å². The van der Waals surface area contributed by atoms with Crippen molar-refractivity contribution >= 4 is 5.69 Å². The summed E-state index contributed by atoms with van der Waals surface area (Å²) in [5.41, 5.74) is 1.21. The molecule has 0 fully saturated rings. The van der Waals surface area contributed by atoms with Gasteiger partial charge in [-0.2, -0.15) is 0 Å². The van der Waals surface area contributed by atoms with Gasteiger partial charge < -0.3 is 5.32 Å². The topological polar surface area (TPSA) is 15.3 Å². The minimum Gasteiger partial charge on any atom is -0.383 e. The minimum atomic E-state index is 0.588. The molecule has 0 spiro atoms. The van der Waals surface area contributed by atoms with Gasteiger partial charge in [-0.05, 0) is 38.6 Å². The molecule has 0 aromatic heterocycles. The van der Waals surface area contributed by atoms with E-state index in [1.54, 1.807) is 0 Å². The van der Waals surface area contributed by atoms with Gasteiger partial charge in [-0.1, -0.05) is 32.0 Å². The molecule has 2 nitrogen and oxygen atoms in total. The van der Waals surface area contributed by atoms with Crippen molar-refractivity contribution in [1.29, 1.82) is 0 Å². The van der Waals surface area contributed by atoms with E-state index in [-0.39, 0.29) is 0 Å². The van der Waals surface area contributed by atoms with Crippen molar-refractivity contribution in [3.05, 3.63) is 30.3 Å². The van der Waals surface area contributed by atoms with Gasteiger partial charge in [0.15, 0.2) is 0 Å². The van der Waals surface area contributed by atoms with Crippen molar-refractivity contribution in [3.63, 3.8) is 0 Å². The highest BCUT2D eigenvalue weighted by atomic mass is 15.2. The number of para-hydroxylation sites is 1. The summed E-state index contributed by atoms with van der Waals surface area (Å²) in [6, 6.07) is 11.0. The molecule has 0 aliphatic rings. The largest absolute Gasteiger partial charge is 0.383 e. The van der Waals surface area contributed by atoms with E-state index >= 15 is 0 Å². The standard InChI is InChI=1S/C14H24N2/c1-4-11-16(5-2)13(3)12-15-14-9-7-6-8-10-14/h6-10,13,15H,4-5,11-12H2,1-3H3. The van der Waals surface area contributed by atoms with Crippen LogP contribution in [0.4, 0.5) is 5.69 Å². The lowest BCUT2D eigenvalue weighted by Gasteiger charge is -2.27. The second-order valence-corrected chi connectivity index (χ2v) is 4.22. The number of hydrogen-bond donors (Lipinski definition) is 1. The third kappa shape index (κ3) is 4.23. The fourth-order valence-corrected chi connectivity index (χ4v) is 1.93. The smallest absolute Gasteiger partial charge is 0.0340 e. The SMILES string of the molecule is CCCN(CC)C(C)CNc1ccccc1. The van der Waals surface area contributed by atoms with Crippen molar-refractivity contribution in [2.24, 2.45) is 0 Å². The molecular formula is C14H24N2. The molecule has 0 saturated carbocycles. The molecule has 1 aromatic rings. The van der Waals surface area contributed by atoms with Gasteiger partial charge in [0.2, 0.25) is 0 Å². The summed E-state index contributed by atoms with van der Waals surface area (Å²) in [6.07, 6.45) is 1.23. The van der Waals surface area contributed by atoms with E-state index in [4.69, 9.17) is 0 Å². The van der Waals surface area contributed by atoms with E-state index in [1.165, 1.54) is 18.7 Å². The fraction of sp³-hybridized carbons (Fsp3) is 0.571. The normalized spacial score (nSPS) is 12.8. The Balaban J connectivity index is 2.36. The number of rotatable bonds is 7. The van der Waals surface area contributed by atoms with Crippen LogP contribution in [0.15, 0.2) is 30.3 Å². The van der Waals surface area contributed by atoms with Gasteiger partial charge in [-0.15, -0.1) is 0 Å². The lowest BCUT2D eigenvalue weighted by molar-refractivity contribution is 0.228. The van der Waals surface area contributed by atoms with Gasteiger partial charge in [0.25, 0.3) is 0 Å². The van der Waals surface area contributed by atoms with Gasteiger partial charge in [-0.25, -0.2) is 0 Å². The third-order valence-electron chi connectivity index (χ3n) is 2.92. The van der Waals surface area contributed by atoms with Crippen molar-refractivity contribution in [3.8, 4) is 0 Å². The first kappa shape index (κ1) is 13.0. The maximum absolute atomic E-state index is 3.48. The summed E-state index contributed by atoms with van der Waals surface area (Å²) in [5, 5.41) is 3.48. The summed E-state index contributed by atoms with van der Waals surface area (Å²) in [4.78, 5) is 2.51. The van der Waals surface area contributed by atoms with Crippen LogP contribution in [0.25, 0.3) is 0 Å². The molecule has 2 heteroatoms. The number of nitrogens with zero attached hydrogens (tertiary/aromatic N) is 1. The van der Waals surface area contributed by atoms with E-state index in [0.29, 0.717) is 6.04 Å². The predicted molar refractivity (Wildman–Crippen MR) is 71.9 cm³/mol. The highest BCUT2D eigenvalue weighted by molar-refractivity contribution is 5.42. The van der Waals surface area contributed by atoms with E-state index in [1.807, 2.05) is 6.07 Å². The maximum atomic E-state index is 3.48. The lowest BCUT2D eigenvalue weighted by atomic mass is 10.2. The zero-order valence-corrected chi connectivity index (χ0v) is 10.7. The summed E-state index contributed by atoms with van der Waals surface area (Å²) < 4.78 is 0. The van der Waals surface area contributed by atoms with Crippen molar-refractivity contribution in [2.45, 2.75) is 33.2 Å². The molecule has 1 atom stereocenters. The number of nitrogens with one attached hydrogen (secondary N) is 1. The first-order chi connectivity index (χ1) is 7.77. The van der Waals surface area contributed by atoms with Crippen molar-refractivity contribution in [2.75, 3.05) is 25.0 Å². The highest BCUT2D eigenvalue weighted by Gasteiger charge is 2.09. The molecule has 0 bridgehead atoms. The Bertz CT molecular complexity index is 271. The Morgan fingerprint density at radius 3 is 2.44 bits per heavy atom. The Morgan fingerprint density at radius 2 is 1.88 bits per heavy atom. The number of hydrogen-bond acceptors (Lipinski definition) is 2. The molecule has 1 unspecified atom stereocenters. The van der Waals surface area contributed by atoms with Crippen LogP contribution >= 0.6 is 0 Å². The molecule has 0 radical (unpaired) electrons. The molecule has 1 N–H and O–H groups in total. The van der Waals surface area contributed by atoms with Crippen LogP contribution in [-0.2, 0) is 0 Å². The van der Waals surface area contributed by atoms with Crippen LogP contribution in [0.3, 0.4) is 0 Å². The molecule has 0 aliphatic carbocycles. The van der Waals surface area contributed by atoms with Crippen LogP contribution < -0.4 is 5.32 Å². The average Bonchev–Trinajstić information content (AvgIpc) is 2.34. The Hall–Kier alpha value is -1.02. The molecular weight excluding hydrogens is 196 g/mol. The van der Waals surface area contributed by atoms with Crippen LogP contribution in [0, 0.1) is 0 Å². The van der Waals surface area contributed by atoms with Crippen LogP contribution in [0.1, 0.15) is 27.2 Å². The second kappa shape index (κ2) is 7.29. The molecule has 16 heavy (non-hydrogen) atoms. The Morgan fingerprint density at radius 1 is 1.19 bits per heavy atom. The minimum absolute atomic E-state index is 0.588. The first-order valence-electron chi connectivity index (χ1n) is 6.30. The van der Waals surface area contributed by atoms with E-state index in [0.717, 1.165) is 13.1 Å². The summed E-state index contributed by atoms with van der Waals surface area (Å²) in [6.45, 7) is 10.1. The van der Waals surface area contributed by atoms with Gasteiger partial charge in [0.05, 0.1) is 0 Å². The maximum Gasteiger partial charge on any atom is 0.0340 e. The Kier molecular flexibility index (Phi) is 5.94. The summed E-state index contributed by atoms with van der Waals surface area (Å²) in [7, 11) is 0.